The Kier molecular flexibility index (Phi) is 3.85. The summed E-state index contributed by atoms with van der Waals surface area (Å²) in [4.78, 5) is 23.4. The summed E-state index contributed by atoms with van der Waals surface area (Å²) in [6.45, 7) is 0.320. The van der Waals surface area contributed by atoms with Crippen molar-refractivity contribution in [3.05, 3.63) is 0 Å². The molecular weight excluding hydrogens is 230 g/mol. The van der Waals surface area contributed by atoms with Crippen LogP contribution in [0.15, 0.2) is 0 Å². The number of nitriles is 1. The first kappa shape index (κ1) is 12.9. The number of nitrogens with zero attached hydrogens (tertiary/aromatic N) is 1. The maximum atomic E-state index is 11.9. The molecule has 0 unspecified atom stereocenters. The van der Waals surface area contributed by atoms with Crippen molar-refractivity contribution in [2.75, 3.05) is 6.54 Å². The Morgan fingerprint density at radius 3 is 2.50 bits per heavy atom. The van der Waals surface area contributed by atoms with E-state index in [2.05, 4.69) is 16.7 Å². The van der Waals surface area contributed by atoms with E-state index in [-0.39, 0.29) is 11.8 Å². The summed E-state index contributed by atoms with van der Waals surface area (Å²) < 4.78 is 0. The van der Waals surface area contributed by atoms with Crippen LogP contribution >= 0.6 is 0 Å². The number of carbonyl (C=O) groups excluding carboxylic acids is 2. The molecule has 0 aromatic heterocycles. The Labute approximate surface area is 107 Å². The molecule has 0 heterocycles. The van der Waals surface area contributed by atoms with Crippen LogP contribution in [0, 0.1) is 16.7 Å². The highest BCUT2D eigenvalue weighted by atomic mass is 16.2. The van der Waals surface area contributed by atoms with Crippen LogP contribution < -0.4 is 10.6 Å². The molecule has 2 rings (SSSR count). The molecule has 2 saturated carbocycles. The van der Waals surface area contributed by atoms with Crippen molar-refractivity contribution in [2.24, 2.45) is 5.41 Å². The summed E-state index contributed by atoms with van der Waals surface area (Å²) in [5, 5.41) is 14.7. The van der Waals surface area contributed by atoms with Crippen molar-refractivity contribution < 1.29 is 9.59 Å². The molecule has 2 aliphatic rings. The second-order valence-corrected chi connectivity index (χ2v) is 5.25. The first-order valence-electron chi connectivity index (χ1n) is 6.65. The van der Waals surface area contributed by atoms with Gasteiger partial charge in [-0.2, -0.15) is 5.26 Å². The van der Waals surface area contributed by atoms with Crippen molar-refractivity contribution in [3.63, 3.8) is 0 Å². The lowest BCUT2D eigenvalue weighted by molar-refractivity contribution is -0.128. The average molecular weight is 249 g/mol. The molecule has 5 heteroatoms. The van der Waals surface area contributed by atoms with Gasteiger partial charge < -0.3 is 10.6 Å². The Hall–Kier alpha value is -1.57. The van der Waals surface area contributed by atoms with Gasteiger partial charge in [0.1, 0.15) is 5.41 Å². The van der Waals surface area contributed by atoms with Gasteiger partial charge in [-0.3, -0.25) is 9.59 Å². The van der Waals surface area contributed by atoms with E-state index >= 15 is 0 Å². The van der Waals surface area contributed by atoms with Crippen molar-refractivity contribution in [2.45, 2.75) is 51.0 Å². The van der Waals surface area contributed by atoms with E-state index < -0.39 is 5.41 Å². The van der Waals surface area contributed by atoms with Crippen molar-refractivity contribution >= 4 is 11.8 Å². The van der Waals surface area contributed by atoms with Crippen LogP contribution in [-0.4, -0.2) is 24.4 Å². The molecule has 0 radical (unpaired) electrons. The molecule has 0 aromatic rings. The third-order valence-corrected chi connectivity index (χ3v) is 3.69. The molecule has 2 fully saturated rings. The molecule has 0 spiro atoms. The number of hydrogen-bond acceptors (Lipinski definition) is 3. The largest absolute Gasteiger partial charge is 0.354 e. The van der Waals surface area contributed by atoms with Gasteiger partial charge in [-0.15, -0.1) is 0 Å². The molecule has 98 valence electrons. The van der Waals surface area contributed by atoms with Gasteiger partial charge in [-0.1, -0.05) is 12.8 Å². The number of carbonyl (C=O) groups is 2. The Morgan fingerprint density at radius 2 is 1.94 bits per heavy atom. The average Bonchev–Trinajstić information content (AvgIpc) is 3.03. The zero-order valence-corrected chi connectivity index (χ0v) is 10.5. The monoisotopic (exact) mass is 249 g/mol. The standard InChI is InChI=1S/C13H19N3O2/c14-9-13(6-1-2-7-13)12(18)15-8-5-11(17)16-10-3-4-10/h10H,1-8H2,(H,15,18)(H,16,17). The molecule has 2 amide bonds. The zero-order chi connectivity index (χ0) is 13.0. The zero-order valence-electron chi connectivity index (χ0n) is 10.5. The number of hydrogen-bond donors (Lipinski definition) is 2. The fourth-order valence-corrected chi connectivity index (χ4v) is 2.35. The van der Waals surface area contributed by atoms with E-state index in [1.165, 1.54) is 0 Å². The molecular formula is C13H19N3O2. The normalized spacial score (nSPS) is 21.1. The summed E-state index contributed by atoms with van der Waals surface area (Å²) in [6, 6.07) is 2.50. The molecule has 0 atom stereocenters. The fraction of sp³-hybridized carbons (Fsp3) is 0.769. The smallest absolute Gasteiger partial charge is 0.240 e. The van der Waals surface area contributed by atoms with Crippen molar-refractivity contribution in [1.82, 2.24) is 10.6 Å². The SMILES string of the molecule is N#CC1(C(=O)NCCC(=O)NC2CC2)CCCC1. The Balaban J connectivity index is 1.70. The Bertz CT molecular complexity index is 376. The lowest BCUT2D eigenvalue weighted by Crippen LogP contribution is -2.40. The van der Waals surface area contributed by atoms with Gasteiger partial charge >= 0.3 is 0 Å². The van der Waals surface area contributed by atoms with Crippen molar-refractivity contribution in [1.29, 1.82) is 5.26 Å². The maximum Gasteiger partial charge on any atom is 0.240 e. The number of rotatable bonds is 5. The summed E-state index contributed by atoms with van der Waals surface area (Å²) in [6.07, 6.45) is 5.58. The quantitative estimate of drug-likeness (QED) is 0.758. The van der Waals surface area contributed by atoms with Crippen LogP contribution in [0.4, 0.5) is 0 Å². The third kappa shape index (κ3) is 3.00. The first-order valence-corrected chi connectivity index (χ1v) is 6.65. The molecule has 0 aliphatic heterocycles. The van der Waals surface area contributed by atoms with E-state index in [0.29, 0.717) is 31.8 Å². The van der Waals surface area contributed by atoms with E-state index in [0.717, 1.165) is 25.7 Å². The van der Waals surface area contributed by atoms with Gasteiger partial charge in [0.25, 0.3) is 0 Å². The lowest BCUT2D eigenvalue weighted by atomic mass is 9.87. The van der Waals surface area contributed by atoms with Crippen LogP contribution in [0.1, 0.15) is 44.9 Å². The van der Waals surface area contributed by atoms with Gasteiger partial charge in [-0.05, 0) is 25.7 Å². The molecule has 18 heavy (non-hydrogen) atoms. The third-order valence-electron chi connectivity index (χ3n) is 3.69. The molecule has 0 aromatic carbocycles. The predicted octanol–water partition coefficient (Wildman–Crippen LogP) is 0.855. The van der Waals surface area contributed by atoms with Crippen LogP contribution in [-0.2, 0) is 9.59 Å². The summed E-state index contributed by atoms with van der Waals surface area (Å²) in [5.74, 6) is -0.225. The second kappa shape index (κ2) is 5.38. The number of nitrogens with one attached hydrogen (secondary N) is 2. The van der Waals surface area contributed by atoms with Gasteiger partial charge in [0.05, 0.1) is 6.07 Å². The van der Waals surface area contributed by atoms with Crippen LogP contribution in [0.3, 0.4) is 0 Å². The minimum Gasteiger partial charge on any atom is -0.354 e. The van der Waals surface area contributed by atoms with Gasteiger partial charge in [-0.25, -0.2) is 0 Å². The summed E-state index contributed by atoms with van der Waals surface area (Å²) >= 11 is 0. The highest BCUT2D eigenvalue weighted by molar-refractivity contribution is 5.86. The number of amides is 2. The summed E-state index contributed by atoms with van der Waals surface area (Å²) in [7, 11) is 0. The molecule has 2 N–H and O–H groups in total. The van der Waals surface area contributed by atoms with E-state index in [1.54, 1.807) is 0 Å². The van der Waals surface area contributed by atoms with Gasteiger partial charge in [0.15, 0.2) is 0 Å². The van der Waals surface area contributed by atoms with E-state index in [1.807, 2.05) is 0 Å². The van der Waals surface area contributed by atoms with Gasteiger partial charge in [0.2, 0.25) is 11.8 Å². The van der Waals surface area contributed by atoms with Crippen molar-refractivity contribution in [3.8, 4) is 6.07 Å². The Morgan fingerprint density at radius 1 is 1.28 bits per heavy atom. The van der Waals surface area contributed by atoms with Crippen LogP contribution in [0.25, 0.3) is 0 Å². The first-order chi connectivity index (χ1) is 8.66. The van der Waals surface area contributed by atoms with E-state index in [4.69, 9.17) is 5.26 Å². The minimum absolute atomic E-state index is 0.0183. The molecule has 0 bridgehead atoms. The van der Waals surface area contributed by atoms with Crippen LogP contribution in [0.2, 0.25) is 0 Å². The molecule has 5 nitrogen and oxygen atoms in total. The fourth-order valence-electron chi connectivity index (χ4n) is 2.35. The highest BCUT2D eigenvalue weighted by Crippen LogP contribution is 2.37. The second-order valence-electron chi connectivity index (χ2n) is 5.25. The lowest BCUT2D eigenvalue weighted by Gasteiger charge is -2.19. The predicted molar refractivity (Wildman–Crippen MR) is 65.3 cm³/mol. The van der Waals surface area contributed by atoms with E-state index in [9.17, 15) is 9.59 Å². The van der Waals surface area contributed by atoms with Gasteiger partial charge in [0, 0.05) is 19.0 Å². The highest BCUT2D eigenvalue weighted by Gasteiger charge is 2.41. The molecule has 2 aliphatic carbocycles. The van der Waals surface area contributed by atoms with Crippen LogP contribution in [0.5, 0.6) is 0 Å². The topological polar surface area (TPSA) is 82.0 Å². The molecule has 0 saturated heterocycles. The summed E-state index contributed by atoms with van der Waals surface area (Å²) in [5.41, 5.74) is -0.840. The minimum atomic E-state index is -0.840. The maximum absolute atomic E-state index is 11.9.